The normalized spacial score (nSPS) is 17.0. The third-order valence-corrected chi connectivity index (χ3v) is 2.92. The van der Waals surface area contributed by atoms with Gasteiger partial charge in [-0.25, -0.2) is 14.8 Å². The molecule has 1 fully saturated rings. The van der Waals surface area contributed by atoms with E-state index < -0.39 is 11.5 Å². The molecule has 0 unspecified atom stereocenters. The summed E-state index contributed by atoms with van der Waals surface area (Å²) >= 11 is 0. The van der Waals surface area contributed by atoms with Gasteiger partial charge in [0.1, 0.15) is 17.7 Å². The van der Waals surface area contributed by atoms with E-state index in [2.05, 4.69) is 15.3 Å². The lowest BCUT2D eigenvalue weighted by atomic mass is 9.77. The average molecular weight is 237 g/mol. The molecule has 0 saturated heterocycles. The van der Waals surface area contributed by atoms with Crippen molar-refractivity contribution in [2.45, 2.75) is 31.7 Å². The Kier molecular flexibility index (Phi) is 3.12. The molecule has 1 heterocycles. The fraction of sp³-hybridized carbons (Fsp3) is 0.545. The summed E-state index contributed by atoms with van der Waals surface area (Å²) in [4.78, 5) is 19.1. The summed E-state index contributed by atoms with van der Waals surface area (Å²) in [6, 6.07) is 1.62. The topological polar surface area (TPSA) is 84.3 Å². The zero-order valence-corrected chi connectivity index (χ0v) is 9.64. The number of anilines is 1. The second kappa shape index (κ2) is 4.57. The number of carboxylic acid groups (broad SMARTS) is 1. The number of hydrogen-bond acceptors (Lipinski definition) is 5. The predicted octanol–water partition coefficient (Wildman–Crippen LogP) is 1.29. The fourth-order valence-electron chi connectivity index (χ4n) is 1.80. The van der Waals surface area contributed by atoms with Crippen molar-refractivity contribution in [1.29, 1.82) is 0 Å². The lowest BCUT2D eigenvalue weighted by Crippen LogP contribution is -2.52. The van der Waals surface area contributed by atoms with Gasteiger partial charge >= 0.3 is 5.97 Å². The lowest BCUT2D eigenvalue weighted by molar-refractivity contribution is -0.145. The van der Waals surface area contributed by atoms with Crippen LogP contribution in [0.25, 0.3) is 0 Å². The number of hydrogen-bond donors (Lipinski definition) is 2. The van der Waals surface area contributed by atoms with Gasteiger partial charge in [0.25, 0.3) is 0 Å². The Hall–Kier alpha value is -1.85. The highest BCUT2D eigenvalue weighted by molar-refractivity contribution is 5.83. The predicted molar refractivity (Wildman–Crippen MR) is 61.0 cm³/mol. The van der Waals surface area contributed by atoms with Crippen LogP contribution in [0.1, 0.15) is 26.2 Å². The number of carbonyl (C=O) groups is 1. The van der Waals surface area contributed by atoms with Gasteiger partial charge in [-0.2, -0.15) is 0 Å². The molecule has 17 heavy (non-hydrogen) atoms. The Morgan fingerprint density at radius 1 is 1.59 bits per heavy atom. The zero-order chi connectivity index (χ0) is 12.3. The first kappa shape index (κ1) is 11.6. The fourth-order valence-corrected chi connectivity index (χ4v) is 1.80. The largest absolute Gasteiger partial charge is 0.480 e. The number of rotatable bonds is 5. The maximum Gasteiger partial charge on any atom is 0.329 e. The van der Waals surface area contributed by atoms with E-state index >= 15 is 0 Å². The van der Waals surface area contributed by atoms with Crippen LogP contribution in [-0.4, -0.2) is 33.2 Å². The molecule has 2 rings (SSSR count). The van der Waals surface area contributed by atoms with Crippen LogP contribution in [0.3, 0.4) is 0 Å². The summed E-state index contributed by atoms with van der Waals surface area (Å²) in [5.41, 5.74) is -0.863. The second-order valence-electron chi connectivity index (χ2n) is 4.04. The monoisotopic (exact) mass is 237 g/mol. The third-order valence-electron chi connectivity index (χ3n) is 2.92. The molecule has 0 aliphatic heterocycles. The van der Waals surface area contributed by atoms with Crippen molar-refractivity contribution in [1.82, 2.24) is 9.97 Å². The van der Waals surface area contributed by atoms with E-state index in [1.165, 1.54) is 6.33 Å². The number of ether oxygens (including phenoxy) is 1. The minimum Gasteiger partial charge on any atom is -0.480 e. The van der Waals surface area contributed by atoms with Gasteiger partial charge in [-0.3, -0.25) is 0 Å². The van der Waals surface area contributed by atoms with Gasteiger partial charge in [0.15, 0.2) is 0 Å². The molecular formula is C11H15N3O3. The van der Waals surface area contributed by atoms with Crippen LogP contribution < -0.4 is 10.1 Å². The van der Waals surface area contributed by atoms with Gasteiger partial charge in [-0.1, -0.05) is 0 Å². The highest BCUT2D eigenvalue weighted by Crippen LogP contribution is 2.35. The first-order valence-electron chi connectivity index (χ1n) is 5.63. The van der Waals surface area contributed by atoms with E-state index in [1.54, 1.807) is 6.07 Å². The Bertz CT molecular complexity index is 418. The van der Waals surface area contributed by atoms with Crippen LogP contribution in [0.15, 0.2) is 12.4 Å². The lowest BCUT2D eigenvalue weighted by Gasteiger charge is -2.38. The molecule has 1 aromatic rings. The molecule has 0 atom stereocenters. The number of carboxylic acids is 1. The molecule has 1 saturated carbocycles. The Morgan fingerprint density at radius 3 is 2.88 bits per heavy atom. The van der Waals surface area contributed by atoms with Crippen molar-refractivity contribution in [2.24, 2.45) is 0 Å². The molecule has 92 valence electrons. The highest BCUT2D eigenvalue weighted by atomic mass is 16.5. The van der Waals surface area contributed by atoms with Gasteiger partial charge in [0, 0.05) is 6.07 Å². The molecule has 0 amide bonds. The number of nitrogens with one attached hydrogen (secondary N) is 1. The third kappa shape index (κ3) is 2.30. The summed E-state index contributed by atoms with van der Waals surface area (Å²) in [5.74, 6) is 0.107. The minimum absolute atomic E-state index is 0.449. The van der Waals surface area contributed by atoms with E-state index in [9.17, 15) is 9.90 Å². The van der Waals surface area contributed by atoms with Crippen LogP contribution in [0.4, 0.5) is 5.82 Å². The quantitative estimate of drug-likeness (QED) is 0.802. The standard InChI is InChI=1S/C11H15N3O3/c1-2-17-9-6-8(12-7-13-9)14-11(10(15)16)4-3-5-11/h6-7H,2-5H2,1H3,(H,15,16)(H,12,13,14). The summed E-state index contributed by atoms with van der Waals surface area (Å²) < 4.78 is 5.23. The van der Waals surface area contributed by atoms with Gasteiger partial charge in [0.2, 0.25) is 5.88 Å². The molecular weight excluding hydrogens is 222 g/mol. The second-order valence-corrected chi connectivity index (χ2v) is 4.04. The van der Waals surface area contributed by atoms with E-state index in [0.29, 0.717) is 31.1 Å². The van der Waals surface area contributed by atoms with Crippen molar-refractivity contribution >= 4 is 11.8 Å². The minimum atomic E-state index is -0.863. The van der Waals surface area contributed by atoms with Crippen molar-refractivity contribution < 1.29 is 14.6 Å². The maximum atomic E-state index is 11.2. The van der Waals surface area contributed by atoms with Gasteiger partial charge in [0.05, 0.1) is 6.61 Å². The van der Waals surface area contributed by atoms with Gasteiger partial charge in [-0.15, -0.1) is 0 Å². The highest BCUT2D eigenvalue weighted by Gasteiger charge is 2.44. The molecule has 0 radical (unpaired) electrons. The summed E-state index contributed by atoms with van der Waals surface area (Å²) in [5, 5.41) is 12.1. The molecule has 0 bridgehead atoms. The average Bonchev–Trinajstić information content (AvgIpc) is 2.24. The van der Waals surface area contributed by atoms with Gasteiger partial charge in [-0.05, 0) is 26.2 Å². The van der Waals surface area contributed by atoms with Crippen molar-refractivity contribution in [2.75, 3.05) is 11.9 Å². The van der Waals surface area contributed by atoms with Crippen molar-refractivity contribution in [3.63, 3.8) is 0 Å². The molecule has 1 aromatic heterocycles. The molecule has 0 aromatic carbocycles. The Balaban J connectivity index is 2.12. The molecule has 2 N–H and O–H groups in total. The first-order chi connectivity index (χ1) is 8.16. The van der Waals surface area contributed by atoms with Crippen molar-refractivity contribution in [3.8, 4) is 5.88 Å². The van der Waals surface area contributed by atoms with E-state index in [4.69, 9.17) is 4.74 Å². The molecule has 6 heteroatoms. The van der Waals surface area contributed by atoms with E-state index in [1.807, 2.05) is 6.92 Å². The first-order valence-corrected chi connectivity index (χ1v) is 5.63. The number of nitrogens with zero attached hydrogens (tertiary/aromatic N) is 2. The molecule has 1 aliphatic rings. The molecule has 0 spiro atoms. The van der Waals surface area contributed by atoms with Crippen molar-refractivity contribution in [3.05, 3.63) is 12.4 Å². The molecule has 6 nitrogen and oxygen atoms in total. The number of aromatic nitrogens is 2. The van der Waals surface area contributed by atoms with Crippen LogP contribution in [0, 0.1) is 0 Å². The van der Waals surface area contributed by atoms with Crippen LogP contribution in [0.2, 0.25) is 0 Å². The van der Waals surface area contributed by atoms with Crippen LogP contribution in [0.5, 0.6) is 5.88 Å². The Morgan fingerprint density at radius 2 is 2.35 bits per heavy atom. The smallest absolute Gasteiger partial charge is 0.329 e. The summed E-state index contributed by atoms with van der Waals surface area (Å²) in [6.45, 7) is 2.38. The van der Waals surface area contributed by atoms with E-state index in [-0.39, 0.29) is 0 Å². The maximum absolute atomic E-state index is 11.2. The van der Waals surface area contributed by atoms with Gasteiger partial charge < -0.3 is 15.2 Å². The summed E-state index contributed by atoms with van der Waals surface area (Å²) in [7, 11) is 0. The SMILES string of the molecule is CCOc1cc(NC2(C(=O)O)CCC2)ncn1. The van der Waals surface area contributed by atoms with Crippen LogP contribution in [-0.2, 0) is 4.79 Å². The Labute approximate surface area is 99.0 Å². The zero-order valence-electron chi connectivity index (χ0n) is 9.64. The number of aliphatic carboxylic acids is 1. The van der Waals surface area contributed by atoms with Crippen LogP contribution >= 0.6 is 0 Å². The van der Waals surface area contributed by atoms with E-state index in [0.717, 1.165) is 6.42 Å². The molecule has 1 aliphatic carbocycles. The summed E-state index contributed by atoms with van der Waals surface area (Å²) in [6.07, 6.45) is 3.52.